The molecule has 40 heavy (non-hydrogen) atoms. The summed E-state index contributed by atoms with van der Waals surface area (Å²) in [5, 5.41) is 2.57. The van der Waals surface area contributed by atoms with Crippen LogP contribution < -0.4 is 10.1 Å². The number of unbranched alkanes of at least 4 members (excludes halogenated alkanes) is 1. The van der Waals surface area contributed by atoms with Crippen molar-refractivity contribution in [2.45, 2.75) is 45.3 Å². The highest BCUT2D eigenvalue weighted by atomic mass is 35.5. The molecule has 1 aromatic heterocycles. The number of carbonyl (C=O) groups excluding carboxylic acids is 2. The van der Waals surface area contributed by atoms with Crippen LogP contribution in [0.4, 0.5) is 17.6 Å². The van der Waals surface area contributed by atoms with E-state index < -0.39 is 35.5 Å². The van der Waals surface area contributed by atoms with E-state index in [1.807, 2.05) is 6.92 Å². The third-order valence-corrected chi connectivity index (χ3v) is 6.42. The molecule has 0 aliphatic rings. The highest BCUT2D eigenvalue weighted by Crippen LogP contribution is 2.38. The average Bonchev–Trinajstić information content (AvgIpc) is 2.91. The van der Waals surface area contributed by atoms with Gasteiger partial charge in [0, 0.05) is 17.5 Å². The monoisotopic (exact) mass is 573 g/mol. The number of esters is 1. The molecule has 11 heteroatoms. The molecule has 1 atom stereocenters. The van der Waals surface area contributed by atoms with Gasteiger partial charge < -0.3 is 10.1 Å². The molecule has 6 nitrogen and oxygen atoms in total. The lowest BCUT2D eigenvalue weighted by atomic mass is 10.1. The maximum atomic E-state index is 13.2. The Morgan fingerprint density at radius 3 is 2.38 bits per heavy atom. The number of fused-ring (bicyclic) bond motifs is 1. The Morgan fingerprint density at radius 2 is 1.73 bits per heavy atom. The SMILES string of the molecule is CCCCC(=O)Oc1nc2cc(C(=O)NC(C)c3ccc(F)cc3)ccc2nc1-c1ccc(C(F)(F)F)cc1Cl. The number of benzene rings is 3. The van der Waals surface area contributed by atoms with Gasteiger partial charge in [0.15, 0.2) is 0 Å². The first-order valence-corrected chi connectivity index (χ1v) is 12.8. The fourth-order valence-corrected chi connectivity index (χ4v) is 4.17. The molecule has 0 spiro atoms. The smallest absolute Gasteiger partial charge is 0.405 e. The number of halogens is 5. The number of rotatable bonds is 8. The van der Waals surface area contributed by atoms with Crippen molar-refractivity contribution in [2.24, 2.45) is 0 Å². The molecule has 1 N–H and O–H groups in total. The van der Waals surface area contributed by atoms with Crippen LogP contribution in [0.3, 0.4) is 0 Å². The Hall–Kier alpha value is -4.05. The molecule has 0 aliphatic heterocycles. The molecular formula is C29H24ClF4N3O3. The van der Waals surface area contributed by atoms with Gasteiger partial charge >= 0.3 is 12.1 Å². The second kappa shape index (κ2) is 12.0. The summed E-state index contributed by atoms with van der Waals surface area (Å²) < 4.78 is 58.2. The van der Waals surface area contributed by atoms with Crippen molar-refractivity contribution in [1.82, 2.24) is 15.3 Å². The molecule has 0 bridgehead atoms. The lowest BCUT2D eigenvalue weighted by Gasteiger charge is -2.15. The first-order chi connectivity index (χ1) is 19.0. The third-order valence-electron chi connectivity index (χ3n) is 6.11. The zero-order valence-corrected chi connectivity index (χ0v) is 22.2. The molecular weight excluding hydrogens is 550 g/mol. The van der Waals surface area contributed by atoms with E-state index in [1.165, 1.54) is 30.3 Å². The Balaban J connectivity index is 1.71. The van der Waals surface area contributed by atoms with Gasteiger partial charge in [-0.15, -0.1) is 0 Å². The highest BCUT2D eigenvalue weighted by molar-refractivity contribution is 6.33. The van der Waals surface area contributed by atoms with E-state index in [9.17, 15) is 27.2 Å². The second-order valence-electron chi connectivity index (χ2n) is 9.10. The van der Waals surface area contributed by atoms with Gasteiger partial charge in [0.25, 0.3) is 5.91 Å². The molecule has 4 rings (SSSR count). The number of carbonyl (C=O) groups is 2. The molecule has 0 aliphatic carbocycles. The molecule has 4 aromatic rings. The summed E-state index contributed by atoms with van der Waals surface area (Å²) in [5.41, 5.74) is 0.584. The summed E-state index contributed by atoms with van der Waals surface area (Å²) >= 11 is 6.21. The topological polar surface area (TPSA) is 81.2 Å². The minimum atomic E-state index is -4.60. The fourth-order valence-electron chi connectivity index (χ4n) is 3.90. The van der Waals surface area contributed by atoms with Crippen LogP contribution in [0.5, 0.6) is 5.88 Å². The van der Waals surface area contributed by atoms with Gasteiger partial charge in [0.2, 0.25) is 5.88 Å². The summed E-state index contributed by atoms with van der Waals surface area (Å²) in [7, 11) is 0. The van der Waals surface area contributed by atoms with Crippen LogP contribution >= 0.6 is 11.6 Å². The van der Waals surface area contributed by atoms with E-state index >= 15 is 0 Å². The van der Waals surface area contributed by atoms with Crippen LogP contribution in [0.1, 0.15) is 60.6 Å². The number of ether oxygens (including phenoxy) is 1. The van der Waals surface area contributed by atoms with Crippen LogP contribution in [0.2, 0.25) is 5.02 Å². The van der Waals surface area contributed by atoms with Crippen LogP contribution in [0, 0.1) is 5.82 Å². The fraction of sp³-hybridized carbons (Fsp3) is 0.241. The van der Waals surface area contributed by atoms with Gasteiger partial charge in [0.05, 0.1) is 27.7 Å². The van der Waals surface area contributed by atoms with Crippen molar-refractivity contribution in [3.63, 3.8) is 0 Å². The van der Waals surface area contributed by atoms with Gasteiger partial charge in [0.1, 0.15) is 11.5 Å². The number of nitrogens with one attached hydrogen (secondary N) is 1. The first kappa shape index (κ1) is 28.9. The minimum absolute atomic E-state index is 0.0155. The van der Waals surface area contributed by atoms with Crippen molar-refractivity contribution in [3.05, 3.63) is 88.2 Å². The largest absolute Gasteiger partial charge is 0.416 e. The third kappa shape index (κ3) is 6.74. The number of amides is 1. The van der Waals surface area contributed by atoms with Crippen molar-refractivity contribution in [3.8, 4) is 17.1 Å². The summed E-state index contributed by atoms with van der Waals surface area (Å²) in [5.74, 6) is -1.66. The minimum Gasteiger partial charge on any atom is -0.405 e. The Labute approximate surface area is 232 Å². The molecule has 1 amide bonds. The van der Waals surface area contributed by atoms with Gasteiger partial charge in [-0.3, -0.25) is 9.59 Å². The predicted octanol–water partition coefficient (Wildman–Crippen LogP) is 7.69. The molecule has 1 heterocycles. The summed E-state index contributed by atoms with van der Waals surface area (Å²) in [6, 6.07) is 12.6. The standard InChI is InChI=1S/C29H24ClF4N3O3/c1-3-4-5-25(38)40-28-26(21-12-9-19(15-22(21)30)29(32,33)34)36-23-13-8-18(14-24(23)37-28)27(39)35-16(2)17-6-10-20(31)11-7-17/h6-16H,3-5H2,1-2H3,(H,35,39). The van der Waals surface area contributed by atoms with Gasteiger partial charge in [-0.25, -0.2) is 14.4 Å². The van der Waals surface area contributed by atoms with Crippen LogP contribution in [0.15, 0.2) is 60.7 Å². The van der Waals surface area contributed by atoms with E-state index in [0.717, 1.165) is 24.6 Å². The Kier molecular flexibility index (Phi) is 8.68. The molecule has 3 aromatic carbocycles. The molecule has 0 saturated carbocycles. The molecule has 0 radical (unpaired) electrons. The molecule has 0 saturated heterocycles. The van der Waals surface area contributed by atoms with Gasteiger partial charge in [-0.1, -0.05) is 43.1 Å². The summed E-state index contributed by atoms with van der Waals surface area (Å²) in [6.45, 7) is 3.65. The predicted molar refractivity (Wildman–Crippen MR) is 142 cm³/mol. The van der Waals surface area contributed by atoms with Crippen LogP contribution in [-0.2, 0) is 11.0 Å². The highest BCUT2D eigenvalue weighted by Gasteiger charge is 2.31. The van der Waals surface area contributed by atoms with Crippen molar-refractivity contribution in [2.75, 3.05) is 0 Å². The number of aromatic nitrogens is 2. The maximum absolute atomic E-state index is 13.2. The molecule has 1 unspecified atom stereocenters. The lowest BCUT2D eigenvalue weighted by molar-refractivity contribution is -0.137. The average molecular weight is 574 g/mol. The molecule has 208 valence electrons. The number of nitrogens with zero attached hydrogens (tertiary/aromatic N) is 2. The number of hydrogen-bond acceptors (Lipinski definition) is 5. The quantitative estimate of drug-likeness (QED) is 0.173. The van der Waals surface area contributed by atoms with E-state index in [1.54, 1.807) is 19.1 Å². The Bertz CT molecular complexity index is 1560. The van der Waals surface area contributed by atoms with E-state index in [-0.39, 0.29) is 39.7 Å². The number of hydrogen-bond donors (Lipinski definition) is 1. The maximum Gasteiger partial charge on any atom is 0.416 e. The van der Waals surface area contributed by atoms with Crippen LogP contribution in [0.25, 0.3) is 22.3 Å². The normalized spacial score (nSPS) is 12.3. The van der Waals surface area contributed by atoms with E-state index in [4.69, 9.17) is 16.3 Å². The van der Waals surface area contributed by atoms with E-state index in [0.29, 0.717) is 17.5 Å². The van der Waals surface area contributed by atoms with Crippen molar-refractivity contribution in [1.29, 1.82) is 0 Å². The summed E-state index contributed by atoms with van der Waals surface area (Å²) in [6.07, 6.45) is -3.20. The summed E-state index contributed by atoms with van der Waals surface area (Å²) in [4.78, 5) is 34.3. The van der Waals surface area contributed by atoms with Crippen molar-refractivity contribution < 1.29 is 31.9 Å². The number of alkyl halides is 3. The lowest BCUT2D eigenvalue weighted by Crippen LogP contribution is -2.26. The second-order valence-corrected chi connectivity index (χ2v) is 9.50. The van der Waals surface area contributed by atoms with Gasteiger partial charge in [-0.05, 0) is 61.4 Å². The van der Waals surface area contributed by atoms with E-state index in [2.05, 4.69) is 15.3 Å². The molecule has 0 fully saturated rings. The van der Waals surface area contributed by atoms with Crippen molar-refractivity contribution >= 4 is 34.5 Å². The first-order valence-electron chi connectivity index (χ1n) is 12.4. The van der Waals surface area contributed by atoms with Crippen LogP contribution in [-0.4, -0.2) is 21.8 Å². The van der Waals surface area contributed by atoms with Gasteiger partial charge in [-0.2, -0.15) is 13.2 Å². The zero-order chi connectivity index (χ0) is 29.0. The zero-order valence-electron chi connectivity index (χ0n) is 21.5. The Morgan fingerprint density at radius 1 is 1.00 bits per heavy atom.